The molecule has 0 radical (unpaired) electrons. The third-order valence-corrected chi connectivity index (χ3v) is 4.30. The molecule has 23 heavy (non-hydrogen) atoms. The number of imidazole rings is 1. The predicted molar refractivity (Wildman–Crippen MR) is 88.5 cm³/mol. The first-order valence-electron chi connectivity index (χ1n) is 7.90. The van der Waals surface area contributed by atoms with Crippen molar-refractivity contribution < 1.29 is 9.90 Å². The van der Waals surface area contributed by atoms with Crippen LogP contribution in [0.3, 0.4) is 0 Å². The van der Waals surface area contributed by atoms with Gasteiger partial charge in [-0.15, -0.1) is 0 Å². The standard InChI is InChI=1S/C18H21N3O2/c22-17-12-21(18(23)7-6-16-11-19-13-20-16)9-8-15(17)10-14-4-2-1-3-5-14/h1-7,11,13,15,17,22H,8-10,12H2,(H,19,20)/t15-,17+/m1/s1. The SMILES string of the molecule is O=C(C=Cc1cnc[nH]1)N1CC[C@H](Cc2ccccc2)[C@@H](O)C1. The van der Waals surface area contributed by atoms with Gasteiger partial charge in [-0.05, 0) is 30.4 Å². The van der Waals surface area contributed by atoms with Gasteiger partial charge in [0.1, 0.15) is 0 Å². The number of hydrogen-bond donors (Lipinski definition) is 2. The van der Waals surface area contributed by atoms with Crippen LogP contribution in [-0.2, 0) is 11.2 Å². The van der Waals surface area contributed by atoms with Gasteiger partial charge in [0, 0.05) is 19.2 Å². The number of nitrogens with one attached hydrogen (secondary N) is 1. The van der Waals surface area contributed by atoms with Gasteiger partial charge in [0.05, 0.1) is 24.3 Å². The number of β-amino-alcohol motifs (C(OH)–C–C–N with tert-alkyl or cyclic N) is 1. The van der Waals surface area contributed by atoms with Crippen molar-refractivity contribution in [1.29, 1.82) is 0 Å². The summed E-state index contributed by atoms with van der Waals surface area (Å²) in [6.07, 6.45) is 7.66. The van der Waals surface area contributed by atoms with Gasteiger partial charge in [-0.25, -0.2) is 4.98 Å². The highest BCUT2D eigenvalue weighted by atomic mass is 16.3. The number of likely N-dealkylation sites (tertiary alicyclic amines) is 1. The number of nitrogens with zero attached hydrogens (tertiary/aromatic N) is 2. The molecule has 2 aromatic rings. The molecule has 0 unspecified atom stereocenters. The largest absolute Gasteiger partial charge is 0.391 e. The van der Waals surface area contributed by atoms with E-state index in [4.69, 9.17) is 0 Å². The van der Waals surface area contributed by atoms with Gasteiger partial charge >= 0.3 is 0 Å². The van der Waals surface area contributed by atoms with Crippen molar-refractivity contribution in [3.63, 3.8) is 0 Å². The van der Waals surface area contributed by atoms with Crippen LogP contribution in [0, 0.1) is 5.92 Å². The zero-order valence-corrected chi connectivity index (χ0v) is 12.9. The predicted octanol–water partition coefficient (Wildman–Crippen LogP) is 1.88. The summed E-state index contributed by atoms with van der Waals surface area (Å²) in [4.78, 5) is 20.7. The fourth-order valence-electron chi connectivity index (χ4n) is 2.96. The third kappa shape index (κ3) is 4.07. The minimum atomic E-state index is -0.478. The van der Waals surface area contributed by atoms with E-state index in [0.29, 0.717) is 13.1 Å². The van der Waals surface area contributed by atoms with Crippen LogP contribution < -0.4 is 0 Å². The van der Waals surface area contributed by atoms with Gasteiger partial charge in [-0.1, -0.05) is 30.3 Å². The Bertz CT molecular complexity index is 652. The Hall–Kier alpha value is -2.40. The van der Waals surface area contributed by atoms with Crippen LogP contribution in [0.25, 0.3) is 6.08 Å². The average molecular weight is 311 g/mol. The van der Waals surface area contributed by atoms with Crippen molar-refractivity contribution in [2.45, 2.75) is 18.9 Å². The Morgan fingerprint density at radius 3 is 2.91 bits per heavy atom. The van der Waals surface area contributed by atoms with Crippen LogP contribution >= 0.6 is 0 Å². The summed E-state index contributed by atoms with van der Waals surface area (Å²) in [6, 6.07) is 10.2. The van der Waals surface area contributed by atoms with Gasteiger partial charge in [-0.3, -0.25) is 4.79 Å². The zero-order valence-electron chi connectivity index (χ0n) is 12.9. The number of aliphatic hydroxyl groups excluding tert-OH is 1. The highest BCUT2D eigenvalue weighted by molar-refractivity contribution is 5.91. The maximum Gasteiger partial charge on any atom is 0.246 e. The Morgan fingerprint density at radius 1 is 1.39 bits per heavy atom. The van der Waals surface area contributed by atoms with Crippen molar-refractivity contribution in [3.05, 3.63) is 60.2 Å². The molecule has 3 rings (SSSR count). The lowest BCUT2D eigenvalue weighted by Crippen LogP contribution is -2.46. The van der Waals surface area contributed by atoms with Crippen LogP contribution in [0.4, 0.5) is 0 Å². The van der Waals surface area contributed by atoms with E-state index in [9.17, 15) is 9.90 Å². The summed E-state index contributed by atoms with van der Waals surface area (Å²) >= 11 is 0. The molecule has 1 saturated heterocycles. The second-order valence-electron chi connectivity index (χ2n) is 5.93. The lowest BCUT2D eigenvalue weighted by Gasteiger charge is -2.35. The van der Waals surface area contributed by atoms with Crippen LogP contribution in [0.2, 0.25) is 0 Å². The fraction of sp³-hybridized carbons (Fsp3) is 0.333. The van der Waals surface area contributed by atoms with Crippen molar-refractivity contribution >= 4 is 12.0 Å². The van der Waals surface area contributed by atoms with Crippen molar-refractivity contribution in [2.24, 2.45) is 5.92 Å². The van der Waals surface area contributed by atoms with Gasteiger partial charge < -0.3 is 15.0 Å². The molecule has 5 heteroatoms. The highest BCUT2D eigenvalue weighted by Gasteiger charge is 2.29. The first-order chi connectivity index (χ1) is 11.2. The second kappa shape index (κ2) is 7.24. The monoisotopic (exact) mass is 311 g/mol. The fourth-order valence-corrected chi connectivity index (χ4v) is 2.96. The van der Waals surface area contributed by atoms with Crippen LogP contribution in [0.5, 0.6) is 0 Å². The van der Waals surface area contributed by atoms with Gasteiger partial charge in [0.15, 0.2) is 0 Å². The molecule has 2 heterocycles. The number of carbonyl (C=O) groups excluding carboxylic acids is 1. The Kier molecular flexibility index (Phi) is 4.88. The van der Waals surface area contributed by atoms with Gasteiger partial charge in [0.25, 0.3) is 0 Å². The smallest absolute Gasteiger partial charge is 0.246 e. The molecule has 0 saturated carbocycles. The number of aliphatic hydroxyl groups is 1. The van der Waals surface area contributed by atoms with Gasteiger partial charge in [0.2, 0.25) is 5.91 Å². The Balaban J connectivity index is 1.54. The number of H-pyrrole nitrogens is 1. The maximum atomic E-state index is 12.2. The number of aromatic nitrogens is 2. The summed E-state index contributed by atoms with van der Waals surface area (Å²) in [5, 5.41) is 10.4. The molecule has 1 aromatic heterocycles. The molecule has 0 bridgehead atoms. The molecule has 5 nitrogen and oxygen atoms in total. The van der Waals surface area contributed by atoms with E-state index in [1.807, 2.05) is 18.2 Å². The molecular weight excluding hydrogens is 290 g/mol. The van der Waals surface area contributed by atoms with E-state index < -0.39 is 6.10 Å². The summed E-state index contributed by atoms with van der Waals surface area (Å²) in [5.41, 5.74) is 2.02. The minimum absolute atomic E-state index is 0.0724. The number of benzene rings is 1. The van der Waals surface area contributed by atoms with Crippen LogP contribution in [-0.4, -0.2) is 45.1 Å². The van der Waals surface area contributed by atoms with Crippen molar-refractivity contribution in [3.8, 4) is 0 Å². The Labute approximate surface area is 135 Å². The normalized spacial score (nSPS) is 21.7. The van der Waals surface area contributed by atoms with E-state index in [1.165, 1.54) is 11.6 Å². The number of hydrogen-bond acceptors (Lipinski definition) is 3. The summed E-state index contributed by atoms with van der Waals surface area (Å²) < 4.78 is 0. The molecule has 1 aliphatic rings. The topological polar surface area (TPSA) is 69.2 Å². The first kappa shape index (κ1) is 15.5. The second-order valence-corrected chi connectivity index (χ2v) is 5.93. The lowest BCUT2D eigenvalue weighted by molar-refractivity contribution is -0.130. The summed E-state index contributed by atoms with van der Waals surface area (Å²) in [7, 11) is 0. The molecule has 0 aliphatic carbocycles. The maximum absolute atomic E-state index is 12.2. The molecule has 1 fully saturated rings. The quantitative estimate of drug-likeness (QED) is 0.847. The van der Waals surface area contributed by atoms with Crippen LogP contribution in [0.1, 0.15) is 17.7 Å². The molecule has 0 spiro atoms. The molecule has 1 amide bonds. The molecule has 120 valence electrons. The van der Waals surface area contributed by atoms with E-state index >= 15 is 0 Å². The zero-order chi connectivity index (χ0) is 16.1. The Morgan fingerprint density at radius 2 is 2.22 bits per heavy atom. The first-order valence-corrected chi connectivity index (χ1v) is 7.90. The lowest BCUT2D eigenvalue weighted by atomic mass is 9.88. The number of amides is 1. The molecule has 1 aromatic carbocycles. The molecule has 2 N–H and O–H groups in total. The van der Waals surface area contributed by atoms with E-state index in [2.05, 4.69) is 22.1 Å². The van der Waals surface area contributed by atoms with E-state index in [-0.39, 0.29) is 11.8 Å². The van der Waals surface area contributed by atoms with Gasteiger partial charge in [-0.2, -0.15) is 0 Å². The number of aromatic amines is 1. The van der Waals surface area contributed by atoms with E-state index in [0.717, 1.165) is 18.5 Å². The molecular formula is C18H21N3O2. The van der Waals surface area contributed by atoms with Crippen LogP contribution in [0.15, 0.2) is 48.9 Å². The molecule has 1 aliphatic heterocycles. The summed E-state index contributed by atoms with van der Waals surface area (Å²) in [5.74, 6) is 0.134. The van der Waals surface area contributed by atoms with E-state index in [1.54, 1.807) is 23.5 Å². The average Bonchev–Trinajstić information content (AvgIpc) is 3.09. The number of carbonyl (C=O) groups is 1. The highest BCUT2D eigenvalue weighted by Crippen LogP contribution is 2.22. The molecule has 2 atom stereocenters. The number of piperidine rings is 1. The van der Waals surface area contributed by atoms with Crippen molar-refractivity contribution in [2.75, 3.05) is 13.1 Å². The minimum Gasteiger partial charge on any atom is -0.391 e. The van der Waals surface area contributed by atoms with Crippen molar-refractivity contribution in [1.82, 2.24) is 14.9 Å². The number of rotatable bonds is 4. The third-order valence-electron chi connectivity index (χ3n) is 4.30. The summed E-state index contributed by atoms with van der Waals surface area (Å²) in [6.45, 7) is 1.07.